The smallest absolute Gasteiger partial charge is 0.191 e. The second-order valence-corrected chi connectivity index (χ2v) is 6.10. The van der Waals surface area contributed by atoms with Gasteiger partial charge in [0.2, 0.25) is 0 Å². The fourth-order valence-electron chi connectivity index (χ4n) is 3.18. The van der Waals surface area contributed by atoms with E-state index in [1.807, 2.05) is 6.92 Å². The first-order valence-electron chi connectivity index (χ1n) is 8.03. The van der Waals surface area contributed by atoms with Crippen LogP contribution < -0.4 is 5.32 Å². The average molecular weight is 284 g/mol. The van der Waals surface area contributed by atoms with E-state index in [-0.39, 0.29) is 0 Å². The monoisotopic (exact) mass is 284 g/mol. The largest absolute Gasteiger partial charge is 0.449 e. The summed E-state index contributed by atoms with van der Waals surface area (Å²) in [7, 11) is 0. The van der Waals surface area contributed by atoms with Gasteiger partial charge in [0.15, 0.2) is 5.89 Å². The van der Waals surface area contributed by atoms with E-state index in [1.165, 1.54) is 37.8 Å². The van der Waals surface area contributed by atoms with E-state index in [0.29, 0.717) is 11.9 Å². The minimum atomic E-state index is 0.632. The van der Waals surface area contributed by atoms with Crippen molar-refractivity contribution in [1.29, 1.82) is 0 Å². The van der Waals surface area contributed by atoms with E-state index in [2.05, 4.69) is 41.5 Å². The van der Waals surface area contributed by atoms with Crippen LogP contribution in [-0.2, 0) is 0 Å². The number of oxazole rings is 1. The number of hydrogen-bond acceptors (Lipinski definition) is 3. The highest BCUT2D eigenvalue weighted by Gasteiger charge is 2.19. The van der Waals surface area contributed by atoms with Crippen molar-refractivity contribution >= 4 is 5.69 Å². The molecule has 1 aliphatic carbocycles. The van der Waals surface area contributed by atoms with Crippen molar-refractivity contribution in [1.82, 2.24) is 4.98 Å². The molecule has 3 nitrogen and oxygen atoms in total. The number of hydrogen-bond donors (Lipinski definition) is 1. The van der Waals surface area contributed by atoms with E-state index in [0.717, 1.165) is 17.2 Å². The zero-order chi connectivity index (χ0) is 14.7. The summed E-state index contributed by atoms with van der Waals surface area (Å²) < 4.78 is 5.26. The molecule has 0 saturated heterocycles. The fraction of sp³-hybridized carbons (Fsp3) is 0.500. The number of nitrogens with one attached hydrogen (secondary N) is 1. The molecule has 112 valence electrons. The third kappa shape index (κ3) is 3.46. The molecule has 0 amide bonds. The highest BCUT2D eigenvalue weighted by Crippen LogP contribution is 2.29. The van der Waals surface area contributed by atoms with Crippen LogP contribution in [0.3, 0.4) is 0 Å². The van der Waals surface area contributed by atoms with Gasteiger partial charge in [-0.2, -0.15) is 0 Å². The van der Waals surface area contributed by atoms with Crippen molar-refractivity contribution < 1.29 is 4.42 Å². The van der Waals surface area contributed by atoms with E-state index in [1.54, 1.807) is 6.26 Å². The Balaban J connectivity index is 1.60. The summed E-state index contributed by atoms with van der Waals surface area (Å²) >= 11 is 0. The number of nitrogens with zero attached hydrogens (tertiary/aromatic N) is 1. The zero-order valence-electron chi connectivity index (χ0n) is 12.9. The first-order valence-corrected chi connectivity index (χ1v) is 8.03. The Kier molecular flexibility index (Phi) is 4.28. The van der Waals surface area contributed by atoms with Crippen molar-refractivity contribution in [2.75, 3.05) is 5.32 Å². The van der Waals surface area contributed by atoms with Gasteiger partial charge in [0, 0.05) is 24.2 Å². The molecule has 0 atom stereocenters. The van der Waals surface area contributed by atoms with Crippen LogP contribution in [0.1, 0.15) is 44.9 Å². The molecular formula is C18H24N2O. The standard InChI is InChI=1S/C18H24N2O/c1-3-14-4-8-16(9-5-14)20-17-10-6-15(7-11-17)18-12-21-13(2)19-18/h6-7,10-12,14,16,20H,3-5,8-9H2,1-2H3. The Morgan fingerprint density at radius 3 is 2.43 bits per heavy atom. The SMILES string of the molecule is CCC1CCC(Nc2ccc(-c3coc(C)n3)cc2)CC1. The molecule has 1 saturated carbocycles. The van der Waals surface area contributed by atoms with Crippen LogP contribution in [0.15, 0.2) is 34.9 Å². The highest BCUT2D eigenvalue weighted by atomic mass is 16.3. The predicted molar refractivity (Wildman–Crippen MR) is 86.3 cm³/mol. The maximum absolute atomic E-state index is 5.26. The van der Waals surface area contributed by atoms with Crippen LogP contribution in [-0.4, -0.2) is 11.0 Å². The molecule has 3 heteroatoms. The number of benzene rings is 1. The van der Waals surface area contributed by atoms with Gasteiger partial charge in [-0.25, -0.2) is 4.98 Å². The minimum absolute atomic E-state index is 0.632. The van der Waals surface area contributed by atoms with Crippen LogP contribution in [0.25, 0.3) is 11.3 Å². The van der Waals surface area contributed by atoms with Gasteiger partial charge in [0.25, 0.3) is 0 Å². The van der Waals surface area contributed by atoms with Gasteiger partial charge in [-0.05, 0) is 43.7 Å². The van der Waals surface area contributed by atoms with Gasteiger partial charge in [-0.3, -0.25) is 0 Å². The molecular weight excluding hydrogens is 260 g/mol. The summed E-state index contributed by atoms with van der Waals surface area (Å²) in [6.45, 7) is 4.18. The second-order valence-electron chi connectivity index (χ2n) is 6.10. The normalized spacial score (nSPS) is 22.2. The number of anilines is 1. The summed E-state index contributed by atoms with van der Waals surface area (Å²) in [5, 5.41) is 3.67. The molecule has 0 aliphatic heterocycles. The summed E-state index contributed by atoms with van der Waals surface area (Å²) in [5.41, 5.74) is 3.22. The quantitative estimate of drug-likeness (QED) is 0.855. The van der Waals surface area contributed by atoms with Crippen LogP contribution in [0.5, 0.6) is 0 Å². The Morgan fingerprint density at radius 2 is 1.86 bits per heavy atom. The van der Waals surface area contributed by atoms with Crippen LogP contribution in [0.2, 0.25) is 0 Å². The van der Waals surface area contributed by atoms with Gasteiger partial charge in [-0.1, -0.05) is 25.5 Å². The molecule has 0 bridgehead atoms. The van der Waals surface area contributed by atoms with Crippen molar-refractivity contribution in [3.63, 3.8) is 0 Å². The summed E-state index contributed by atoms with van der Waals surface area (Å²) in [4.78, 5) is 4.36. The first kappa shape index (κ1) is 14.2. The minimum Gasteiger partial charge on any atom is -0.449 e. The average Bonchev–Trinajstić information content (AvgIpc) is 2.95. The van der Waals surface area contributed by atoms with Gasteiger partial charge in [0.05, 0.1) is 0 Å². The molecule has 2 aromatic rings. The lowest BCUT2D eigenvalue weighted by molar-refractivity contribution is 0.330. The topological polar surface area (TPSA) is 38.1 Å². The van der Waals surface area contributed by atoms with Gasteiger partial charge < -0.3 is 9.73 Å². The van der Waals surface area contributed by atoms with Crippen molar-refractivity contribution in [3.8, 4) is 11.3 Å². The Bertz CT molecular complexity index is 565. The third-order valence-corrected chi connectivity index (χ3v) is 4.59. The lowest BCUT2D eigenvalue weighted by Crippen LogP contribution is -2.25. The summed E-state index contributed by atoms with van der Waals surface area (Å²) in [6, 6.07) is 9.14. The van der Waals surface area contributed by atoms with E-state index in [4.69, 9.17) is 4.42 Å². The Labute approximate surface area is 126 Å². The number of aryl methyl sites for hydroxylation is 1. The maximum Gasteiger partial charge on any atom is 0.191 e. The Morgan fingerprint density at radius 1 is 1.14 bits per heavy atom. The zero-order valence-corrected chi connectivity index (χ0v) is 12.9. The molecule has 1 aliphatic rings. The van der Waals surface area contributed by atoms with E-state index in [9.17, 15) is 0 Å². The molecule has 21 heavy (non-hydrogen) atoms. The lowest BCUT2D eigenvalue weighted by atomic mass is 9.84. The molecule has 0 radical (unpaired) electrons. The van der Waals surface area contributed by atoms with Crippen LogP contribution in [0.4, 0.5) is 5.69 Å². The van der Waals surface area contributed by atoms with Gasteiger partial charge in [0.1, 0.15) is 12.0 Å². The highest BCUT2D eigenvalue weighted by molar-refractivity contribution is 5.61. The van der Waals surface area contributed by atoms with Crippen molar-refractivity contribution in [2.24, 2.45) is 5.92 Å². The maximum atomic E-state index is 5.26. The molecule has 1 fully saturated rings. The van der Waals surface area contributed by atoms with Crippen molar-refractivity contribution in [3.05, 3.63) is 36.4 Å². The third-order valence-electron chi connectivity index (χ3n) is 4.59. The lowest BCUT2D eigenvalue weighted by Gasteiger charge is -2.29. The summed E-state index contributed by atoms with van der Waals surface area (Å²) in [6.07, 6.45) is 8.36. The molecule has 1 aromatic carbocycles. The molecule has 1 N–H and O–H groups in total. The van der Waals surface area contributed by atoms with Crippen LogP contribution in [0, 0.1) is 12.8 Å². The molecule has 0 unspecified atom stereocenters. The van der Waals surface area contributed by atoms with Gasteiger partial charge >= 0.3 is 0 Å². The molecule has 0 spiro atoms. The molecule has 1 aromatic heterocycles. The summed E-state index contributed by atoms with van der Waals surface area (Å²) in [5.74, 6) is 1.65. The number of aromatic nitrogens is 1. The number of rotatable bonds is 4. The van der Waals surface area contributed by atoms with Gasteiger partial charge in [-0.15, -0.1) is 0 Å². The van der Waals surface area contributed by atoms with E-state index >= 15 is 0 Å². The predicted octanol–water partition coefficient (Wildman–Crippen LogP) is 5.03. The van der Waals surface area contributed by atoms with Crippen molar-refractivity contribution in [2.45, 2.75) is 52.0 Å². The Hall–Kier alpha value is -1.77. The first-order chi connectivity index (χ1) is 10.2. The van der Waals surface area contributed by atoms with Crippen LogP contribution >= 0.6 is 0 Å². The molecule has 1 heterocycles. The second kappa shape index (κ2) is 6.33. The van der Waals surface area contributed by atoms with E-state index < -0.39 is 0 Å². The fourth-order valence-corrected chi connectivity index (χ4v) is 3.18. The molecule has 3 rings (SSSR count).